The van der Waals surface area contributed by atoms with E-state index in [-0.39, 0.29) is 5.56 Å². The maximum atomic E-state index is 11.5. The third kappa shape index (κ3) is 1.43. The molecule has 1 aliphatic carbocycles. The Kier molecular flexibility index (Phi) is 1.83. The van der Waals surface area contributed by atoms with Gasteiger partial charge in [-0.05, 0) is 31.0 Å². The maximum absolute atomic E-state index is 11.5. The normalized spacial score (nSPS) is 15.8. The molecule has 4 heteroatoms. The topological polar surface area (TPSA) is 45.8 Å². The van der Waals surface area contributed by atoms with Gasteiger partial charge in [-0.3, -0.25) is 4.79 Å². The van der Waals surface area contributed by atoms with E-state index in [1.165, 1.54) is 0 Å². The summed E-state index contributed by atoms with van der Waals surface area (Å²) in [5.74, 6) is 0.503. The summed E-state index contributed by atoms with van der Waals surface area (Å²) in [6.45, 7) is 0. The van der Waals surface area contributed by atoms with Gasteiger partial charge in [-0.2, -0.15) is 5.10 Å². The molecule has 0 radical (unpaired) electrons. The predicted octanol–water partition coefficient (Wildman–Crippen LogP) is 2.45. The van der Waals surface area contributed by atoms with Crippen LogP contribution in [-0.2, 0) is 0 Å². The average molecular weight is 221 g/mol. The van der Waals surface area contributed by atoms with Crippen molar-refractivity contribution in [2.75, 3.05) is 0 Å². The lowest BCUT2D eigenvalue weighted by molar-refractivity contribution is 0.911. The Morgan fingerprint density at radius 1 is 1.33 bits per heavy atom. The Hall–Kier alpha value is -1.35. The first kappa shape index (κ1) is 8.92. The standard InChI is InChI=1S/C11H9ClN2O/c12-7-3-4-8-9(5-7)10(6-1-2-6)13-14-11(8)15/h3-6H,1-2H2,(H,14,15). The van der Waals surface area contributed by atoms with E-state index >= 15 is 0 Å². The number of halogens is 1. The monoisotopic (exact) mass is 220 g/mol. The highest BCUT2D eigenvalue weighted by Crippen LogP contribution is 2.41. The van der Waals surface area contributed by atoms with E-state index in [4.69, 9.17) is 11.6 Å². The smallest absolute Gasteiger partial charge is 0.267 e. The number of nitrogens with one attached hydrogen (secondary N) is 1. The van der Waals surface area contributed by atoms with Crippen molar-refractivity contribution in [3.63, 3.8) is 0 Å². The summed E-state index contributed by atoms with van der Waals surface area (Å²) in [5.41, 5.74) is 0.832. The number of H-pyrrole nitrogens is 1. The molecule has 0 bridgehead atoms. The SMILES string of the molecule is O=c1[nH]nc(C2CC2)c2cc(Cl)ccc12. The van der Waals surface area contributed by atoms with E-state index in [9.17, 15) is 4.79 Å². The van der Waals surface area contributed by atoms with E-state index in [1.807, 2.05) is 6.07 Å². The highest BCUT2D eigenvalue weighted by atomic mass is 35.5. The molecule has 0 amide bonds. The number of hydrogen-bond donors (Lipinski definition) is 1. The molecule has 0 atom stereocenters. The first-order chi connectivity index (χ1) is 7.25. The fourth-order valence-corrected chi connectivity index (χ4v) is 2.00. The molecule has 3 rings (SSSR count). The molecule has 2 aromatic rings. The third-order valence-electron chi connectivity index (χ3n) is 2.74. The quantitative estimate of drug-likeness (QED) is 0.803. The van der Waals surface area contributed by atoms with Crippen molar-refractivity contribution in [1.29, 1.82) is 0 Å². The lowest BCUT2D eigenvalue weighted by Gasteiger charge is -2.03. The van der Waals surface area contributed by atoms with Crippen LogP contribution in [0.1, 0.15) is 24.5 Å². The van der Waals surface area contributed by atoms with Crippen LogP contribution in [0, 0.1) is 0 Å². The van der Waals surface area contributed by atoms with Crippen LogP contribution in [0.2, 0.25) is 5.02 Å². The van der Waals surface area contributed by atoms with E-state index in [0.717, 1.165) is 23.9 Å². The fourth-order valence-electron chi connectivity index (χ4n) is 1.83. The van der Waals surface area contributed by atoms with Crippen LogP contribution in [0.4, 0.5) is 0 Å². The third-order valence-corrected chi connectivity index (χ3v) is 2.98. The number of aromatic nitrogens is 2. The molecular weight excluding hydrogens is 212 g/mol. The summed E-state index contributed by atoms with van der Waals surface area (Å²) in [6, 6.07) is 5.31. The van der Waals surface area contributed by atoms with Gasteiger partial charge in [0.2, 0.25) is 0 Å². The van der Waals surface area contributed by atoms with E-state index in [2.05, 4.69) is 10.2 Å². The van der Waals surface area contributed by atoms with Crippen LogP contribution < -0.4 is 5.56 Å². The van der Waals surface area contributed by atoms with Gasteiger partial charge in [0.15, 0.2) is 0 Å². The summed E-state index contributed by atoms with van der Waals surface area (Å²) in [6.07, 6.45) is 2.31. The largest absolute Gasteiger partial charge is 0.272 e. The van der Waals surface area contributed by atoms with Gasteiger partial charge in [-0.25, -0.2) is 5.10 Å². The molecule has 1 fully saturated rings. The van der Waals surface area contributed by atoms with Crippen LogP contribution in [0.15, 0.2) is 23.0 Å². The van der Waals surface area contributed by atoms with Gasteiger partial charge >= 0.3 is 0 Å². The molecule has 15 heavy (non-hydrogen) atoms. The van der Waals surface area contributed by atoms with Crippen molar-refractivity contribution in [3.05, 3.63) is 39.3 Å². The number of hydrogen-bond acceptors (Lipinski definition) is 2. The lowest BCUT2D eigenvalue weighted by Crippen LogP contribution is -2.10. The summed E-state index contributed by atoms with van der Waals surface area (Å²) in [5, 5.41) is 8.87. The molecule has 0 spiro atoms. The van der Waals surface area contributed by atoms with Gasteiger partial charge in [0.1, 0.15) is 0 Å². The van der Waals surface area contributed by atoms with Crippen molar-refractivity contribution >= 4 is 22.4 Å². The highest BCUT2D eigenvalue weighted by Gasteiger charge is 2.27. The molecule has 1 saturated carbocycles. The number of aromatic amines is 1. The molecule has 1 aromatic heterocycles. The highest BCUT2D eigenvalue weighted by molar-refractivity contribution is 6.31. The van der Waals surface area contributed by atoms with Crippen molar-refractivity contribution in [1.82, 2.24) is 10.2 Å². The molecule has 1 aliphatic rings. The molecule has 3 nitrogen and oxygen atoms in total. The van der Waals surface area contributed by atoms with E-state index in [0.29, 0.717) is 16.3 Å². The molecule has 1 N–H and O–H groups in total. The molecule has 1 heterocycles. The second-order valence-corrected chi connectivity index (χ2v) is 4.34. The van der Waals surface area contributed by atoms with Crippen LogP contribution in [0.25, 0.3) is 10.8 Å². The van der Waals surface area contributed by atoms with Gasteiger partial charge in [0, 0.05) is 16.3 Å². The second kappa shape index (κ2) is 3.07. The summed E-state index contributed by atoms with van der Waals surface area (Å²) in [4.78, 5) is 11.5. The zero-order valence-electron chi connectivity index (χ0n) is 7.96. The van der Waals surface area contributed by atoms with Gasteiger partial charge in [-0.15, -0.1) is 0 Å². The van der Waals surface area contributed by atoms with E-state index in [1.54, 1.807) is 12.1 Å². The first-order valence-corrected chi connectivity index (χ1v) is 5.31. The minimum atomic E-state index is -0.147. The lowest BCUT2D eigenvalue weighted by atomic mass is 10.1. The molecule has 0 saturated heterocycles. The fraction of sp³-hybridized carbons (Fsp3) is 0.273. The summed E-state index contributed by atoms with van der Waals surface area (Å²) < 4.78 is 0. The Balaban J connectivity index is 2.41. The number of rotatable bonds is 1. The van der Waals surface area contributed by atoms with Crippen LogP contribution in [0.3, 0.4) is 0 Å². The zero-order valence-corrected chi connectivity index (χ0v) is 8.71. The Morgan fingerprint density at radius 2 is 2.13 bits per heavy atom. The molecule has 0 unspecified atom stereocenters. The van der Waals surface area contributed by atoms with Crippen molar-refractivity contribution in [2.24, 2.45) is 0 Å². The minimum absolute atomic E-state index is 0.147. The van der Waals surface area contributed by atoms with Crippen LogP contribution in [-0.4, -0.2) is 10.2 Å². The first-order valence-electron chi connectivity index (χ1n) is 4.93. The Bertz CT molecular complexity index is 587. The second-order valence-electron chi connectivity index (χ2n) is 3.90. The molecule has 0 aliphatic heterocycles. The maximum Gasteiger partial charge on any atom is 0.272 e. The van der Waals surface area contributed by atoms with Gasteiger partial charge < -0.3 is 0 Å². The molecular formula is C11H9ClN2O. The van der Waals surface area contributed by atoms with Gasteiger partial charge in [-0.1, -0.05) is 11.6 Å². The summed E-state index contributed by atoms with van der Waals surface area (Å²) in [7, 11) is 0. The predicted molar refractivity (Wildman–Crippen MR) is 59.3 cm³/mol. The van der Waals surface area contributed by atoms with Crippen molar-refractivity contribution in [2.45, 2.75) is 18.8 Å². The zero-order chi connectivity index (χ0) is 10.4. The number of benzene rings is 1. The Labute approximate surface area is 91.1 Å². The number of nitrogens with zero attached hydrogens (tertiary/aromatic N) is 1. The minimum Gasteiger partial charge on any atom is -0.267 e. The van der Waals surface area contributed by atoms with Gasteiger partial charge in [0.05, 0.1) is 11.1 Å². The van der Waals surface area contributed by atoms with Gasteiger partial charge in [0.25, 0.3) is 5.56 Å². The molecule has 1 aromatic carbocycles. The van der Waals surface area contributed by atoms with Crippen molar-refractivity contribution in [3.8, 4) is 0 Å². The average Bonchev–Trinajstić information content (AvgIpc) is 3.02. The van der Waals surface area contributed by atoms with Crippen molar-refractivity contribution < 1.29 is 0 Å². The van der Waals surface area contributed by atoms with E-state index < -0.39 is 0 Å². The Morgan fingerprint density at radius 3 is 2.87 bits per heavy atom. The van der Waals surface area contributed by atoms with Crippen LogP contribution in [0.5, 0.6) is 0 Å². The van der Waals surface area contributed by atoms with Crippen LogP contribution >= 0.6 is 11.6 Å². The summed E-state index contributed by atoms with van der Waals surface area (Å²) >= 11 is 5.93. The number of fused-ring (bicyclic) bond motifs is 1. The molecule has 76 valence electrons.